The molecule has 2 aromatic carbocycles. The van der Waals surface area contributed by atoms with Gasteiger partial charge in [-0.05, 0) is 66.0 Å². The number of rotatable bonds is 3. The van der Waals surface area contributed by atoms with Gasteiger partial charge in [0.05, 0.1) is 7.11 Å². The summed E-state index contributed by atoms with van der Waals surface area (Å²) in [4.78, 5) is 0. The van der Waals surface area contributed by atoms with Gasteiger partial charge in [-0.25, -0.2) is 4.39 Å². The Hall–Kier alpha value is -1.83. The highest BCUT2D eigenvalue weighted by Gasteiger charge is 2.20. The van der Waals surface area contributed by atoms with Crippen molar-refractivity contribution < 1.29 is 9.13 Å². The van der Waals surface area contributed by atoms with Crippen LogP contribution < -0.4 is 4.74 Å². The van der Waals surface area contributed by atoms with E-state index in [1.54, 1.807) is 7.11 Å². The molecule has 0 bridgehead atoms. The largest absolute Gasteiger partial charge is 0.496 e. The van der Waals surface area contributed by atoms with E-state index in [2.05, 4.69) is 19.1 Å². The predicted octanol–water partition coefficient (Wildman–Crippen LogP) is 5.42. The Bertz CT molecular complexity index is 716. The van der Waals surface area contributed by atoms with Crippen molar-refractivity contribution in [3.05, 3.63) is 52.3 Å². The van der Waals surface area contributed by atoms with E-state index in [1.165, 1.54) is 41.2 Å². The van der Waals surface area contributed by atoms with Gasteiger partial charge in [-0.1, -0.05) is 26.0 Å². The third kappa shape index (κ3) is 2.41. The Morgan fingerprint density at radius 2 is 1.86 bits per heavy atom. The molecule has 22 heavy (non-hydrogen) atoms. The van der Waals surface area contributed by atoms with Crippen molar-refractivity contribution in [2.75, 3.05) is 7.11 Å². The van der Waals surface area contributed by atoms with Crippen molar-refractivity contribution in [1.82, 2.24) is 0 Å². The van der Waals surface area contributed by atoms with Crippen LogP contribution in [0.1, 0.15) is 48.4 Å². The van der Waals surface area contributed by atoms with E-state index in [0.29, 0.717) is 5.75 Å². The normalized spacial score (nSPS) is 13.5. The molecule has 1 nitrogen and oxygen atoms in total. The number of aryl methyl sites for hydroxylation is 1. The molecule has 0 fully saturated rings. The maximum atomic E-state index is 14.2. The van der Waals surface area contributed by atoms with E-state index in [1.807, 2.05) is 19.9 Å². The van der Waals surface area contributed by atoms with Crippen molar-refractivity contribution in [1.29, 1.82) is 0 Å². The Morgan fingerprint density at radius 1 is 1.09 bits per heavy atom. The number of ether oxygens (including phenoxy) is 1. The number of hydrogen-bond acceptors (Lipinski definition) is 1. The number of hydrogen-bond donors (Lipinski definition) is 0. The number of benzene rings is 2. The number of halogens is 1. The van der Waals surface area contributed by atoms with Crippen LogP contribution >= 0.6 is 0 Å². The Balaban J connectivity index is 2.21. The lowest BCUT2D eigenvalue weighted by molar-refractivity contribution is 0.412. The summed E-state index contributed by atoms with van der Waals surface area (Å²) in [5.74, 6) is 0.580. The minimum Gasteiger partial charge on any atom is -0.496 e. The lowest BCUT2D eigenvalue weighted by atomic mass is 9.90. The van der Waals surface area contributed by atoms with Gasteiger partial charge in [0.1, 0.15) is 11.6 Å². The van der Waals surface area contributed by atoms with Gasteiger partial charge in [0.15, 0.2) is 0 Å². The van der Waals surface area contributed by atoms with Gasteiger partial charge in [-0.3, -0.25) is 0 Å². The summed E-state index contributed by atoms with van der Waals surface area (Å²) in [5.41, 5.74) is 7.16. The summed E-state index contributed by atoms with van der Waals surface area (Å²) in [6.45, 7) is 6.21. The van der Waals surface area contributed by atoms with Crippen LogP contribution in [0.15, 0.2) is 24.3 Å². The van der Waals surface area contributed by atoms with E-state index in [9.17, 15) is 4.39 Å². The monoisotopic (exact) mass is 298 g/mol. The quantitative estimate of drug-likeness (QED) is 0.735. The van der Waals surface area contributed by atoms with E-state index in [-0.39, 0.29) is 11.7 Å². The van der Waals surface area contributed by atoms with Gasteiger partial charge in [0, 0.05) is 11.6 Å². The van der Waals surface area contributed by atoms with Crippen LogP contribution in [-0.2, 0) is 12.8 Å². The molecule has 2 aromatic rings. The van der Waals surface area contributed by atoms with Gasteiger partial charge in [-0.2, -0.15) is 0 Å². The Labute approximate surface area is 132 Å². The fourth-order valence-corrected chi connectivity index (χ4v) is 3.54. The molecule has 116 valence electrons. The van der Waals surface area contributed by atoms with Crippen LogP contribution in [0.25, 0.3) is 11.1 Å². The fourth-order valence-electron chi connectivity index (χ4n) is 3.54. The third-order valence-corrected chi connectivity index (χ3v) is 4.80. The average molecular weight is 298 g/mol. The molecule has 0 saturated heterocycles. The molecule has 1 aliphatic rings. The topological polar surface area (TPSA) is 9.23 Å². The second-order valence-corrected chi connectivity index (χ2v) is 6.46. The minimum absolute atomic E-state index is 0.152. The molecule has 0 radical (unpaired) electrons. The van der Waals surface area contributed by atoms with E-state index >= 15 is 0 Å². The first kappa shape index (κ1) is 15.1. The SMILES string of the molecule is COc1cc(F)c(C(C)C)cc1-c1ccc2c(c1C)CCC2. The predicted molar refractivity (Wildman–Crippen MR) is 89.2 cm³/mol. The van der Waals surface area contributed by atoms with Crippen LogP contribution in [0.5, 0.6) is 5.75 Å². The lowest BCUT2D eigenvalue weighted by Gasteiger charge is -2.17. The highest BCUT2D eigenvalue weighted by molar-refractivity contribution is 5.76. The summed E-state index contributed by atoms with van der Waals surface area (Å²) in [5, 5.41) is 0. The molecule has 0 aliphatic heterocycles. The van der Waals surface area contributed by atoms with Gasteiger partial charge in [0.25, 0.3) is 0 Å². The maximum Gasteiger partial charge on any atom is 0.130 e. The van der Waals surface area contributed by atoms with Crippen LogP contribution in [0.3, 0.4) is 0 Å². The summed E-state index contributed by atoms with van der Waals surface area (Å²) >= 11 is 0. The molecule has 1 aliphatic carbocycles. The van der Waals surface area contributed by atoms with Crippen LogP contribution in [0, 0.1) is 12.7 Å². The summed E-state index contributed by atoms with van der Waals surface area (Å²) in [6, 6.07) is 7.88. The molecular weight excluding hydrogens is 275 g/mol. The van der Waals surface area contributed by atoms with Crippen LogP contribution in [0.2, 0.25) is 0 Å². The highest BCUT2D eigenvalue weighted by Crippen LogP contribution is 2.39. The van der Waals surface area contributed by atoms with Gasteiger partial charge in [-0.15, -0.1) is 0 Å². The number of methoxy groups -OCH3 is 1. The smallest absolute Gasteiger partial charge is 0.130 e. The van der Waals surface area contributed by atoms with Crippen LogP contribution in [-0.4, -0.2) is 7.11 Å². The van der Waals surface area contributed by atoms with Crippen molar-refractivity contribution in [3.8, 4) is 16.9 Å². The average Bonchev–Trinajstić information content (AvgIpc) is 2.97. The molecule has 0 amide bonds. The second kappa shape index (κ2) is 5.75. The molecule has 0 aromatic heterocycles. The molecule has 0 spiro atoms. The summed E-state index contributed by atoms with van der Waals surface area (Å²) in [6.07, 6.45) is 3.56. The molecule has 0 heterocycles. The first-order valence-corrected chi connectivity index (χ1v) is 8.02. The van der Waals surface area contributed by atoms with E-state index in [0.717, 1.165) is 17.5 Å². The van der Waals surface area contributed by atoms with Crippen molar-refractivity contribution in [3.63, 3.8) is 0 Å². The van der Waals surface area contributed by atoms with Gasteiger partial charge in [0.2, 0.25) is 0 Å². The lowest BCUT2D eigenvalue weighted by Crippen LogP contribution is -1.99. The van der Waals surface area contributed by atoms with E-state index in [4.69, 9.17) is 4.74 Å². The zero-order chi connectivity index (χ0) is 15.9. The van der Waals surface area contributed by atoms with Crippen LogP contribution in [0.4, 0.5) is 4.39 Å². The molecule has 2 heteroatoms. The van der Waals surface area contributed by atoms with Crippen molar-refractivity contribution in [2.24, 2.45) is 0 Å². The van der Waals surface area contributed by atoms with E-state index < -0.39 is 0 Å². The first-order chi connectivity index (χ1) is 10.5. The molecule has 0 unspecified atom stereocenters. The standard InChI is InChI=1S/C20H23FO/c1-12(2)17-10-18(20(22-4)11-19(17)21)16-9-8-14-6-5-7-15(14)13(16)3/h8-12H,5-7H2,1-4H3. The fraction of sp³-hybridized carbons (Fsp3) is 0.400. The van der Waals surface area contributed by atoms with Gasteiger partial charge < -0.3 is 4.74 Å². The van der Waals surface area contributed by atoms with Crippen molar-refractivity contribution >= 4 is 0 Å². The summed E-state index contributed by atoms with van der Waals surface area (Å²) < 4.78 is 19.7. The number of fused-ring (bicyclic) bond motifs is 1. The second-order valence-electron chi connectivity index (χ2n) is 6.46. The molecule has 0 saturated carbocycles. The molecule has 3 rings (SSSR count). The van der Waals surface area contributed by atoms with Crippen molar-refractivity contribution in [2.45, 2.75) is 46.0 Å². The Kier molecular flexibility index (Phi) is 3.94. The first-order valence-electron chi connectivity index (χ1n) is 8.02. The molecule has 0 atom stereocenters. The zero-order valence-corrected chi connectivity index (χ0v) is 13.8. The minimum atomic E-state index is -0.186. The highest BCUT2D eigenvalue weighted by atomic mass is 19.1. The molecular formula is C20H23FO. The zero-order valence-electron chi connectivity index (χ0n) is 13.8. The molecule has 0 N–H and O–H groups in total. The third-order valence-electron chi connectivity index (χ3n) is 4.80. The van der Waals surface area contributed by atoms with Gasteiger partial charge >= 0.3 is 0 Å². The summed E-state index contributed by atoms with van der Waals surface area (Å²) in [7, 11) is 1.61. The Morgan fingerprint density at radius 3 is 2.55 bits per heavy atom. The maximum absolute atomic E-state index is 14.2.